The SMILES string of the molecule is CCCCCCC(C)Nc1cccc2cnccc12. The van der Waals surface area contributed by atoms with Gasteiger partial charge >= 0.3 is 0 Å². The van der Waals surface area contributed by atoms with E-state index in [2.05, 4.69) is 48.4 Å². The number of pyridine rings is 1. The van der Waals surface area contributed by atoms with Gasteiger partial charge in [-0.25, -0.2) is 0 Å². The van der Waals surface area contributed by atoms with Crippen LogP contribution in [0.25, 0.3) is 10.8 Å². The molecule has 2 aromatic rings. The first-order valence-electron chi connectivity index (χ1n) is 7.40. The third kappa shape index (κ3) is 3.95. The van der Waals surface area contributed by atoms with Gasteiger partial charge < -0.3 is 5.32 Å². The average molecular weight is 256 g/mol. The lowest BCUT2D eigenvalue weighted by Crippen LogP contribution is -2.15. The Bertz CT molecular complexity index is 502. The molecule has 0 saturated heterocycles. The van der Waals surface area contributed by atoms with Crippen molar-refractivity contribution in [3.8, 4) is 0 Å². The summed E-state index contributed by atoms with van der Waals surface area (Å²) in [6.07, 6.45) is 10.3. The minimum atomic E-state index is 0.524. The van der Waals surface area contributed by atoms with Crippen LogP contribution in [0.3, 0.4) is 0 Å². The summed E-state index contributed by atoms with van der Waals surface area (Å²) >= 11 is 0. The van der Waals surface area contributed by atoms with Gasteiger partial charge in [-0.15, -0.1) is 0 Å². The van der Waals surface area contributed by atoms with E-state index in [-0.39, 0.29) is 0 Å². The maximum absolute atomic E-state index is 4.18. The van der Waals surface area contributed by atoms with E-state index in [1.165, 1.54) is 48.6 Å². The number of hydrogen-bond acceptors (Lipinski definition) is 2. The predicted molar refractivity (Wildman–Crippen MR) is 83.6 cm³/mol. The fourth-order valence-electron chi connectivity index (χ4n) is 2.46. The Morgan fingerprint density at radius 2 is 2.05 bits per heavy atom. The summed E-state index contributed by atoms with van der Waals surface area (Å²) in [5.41, 5.74) is 1.22. The number of benzene rings is 1. The molecule has 2 rings (SSSR count). The van der Waals surface area contributed by atoms with Crippen LogP contribution in [0.1, 0.15) is 46.0 Å². The fourth-order valence-corrected chi connectivity index (χ4v) is 2.46. The maximum atomic E-state index is 4.18. The highest BCUT2D eigenvalue weighted by Crippen LogP contribution is 2.23. The predicted octanol–water partition coefficient (Wildman–Crippen LogP) is 5.01. The second-order valence-corrected chi connectivity index (χ2v) is 5.30. The molecular formula is C17H24N2. The summed E-state index contributed by atoms with van der Waals surface area (Å²) in [5.74, 6) is 0. The normalized spacial score (nSPS) is 12.5. The van der Waals surface area contributed by atoms with Gasteiger partial charge in [0, 0.05) is 34.9 Å². The van der Waals surface area contributed by atoms with Gasteiger partial charge in [0.1, 0.15) is 0 Å². The van der Waals surface area contributed by atoms with E-state index in [0.717, 1.165) is 0 Å². The number of hydrogen-bond donors (Lipinski definition) is 1. The molecular weight excluding hydrogens is 232 g/mol. The van der Waals surface area contributed by atoms with Gasteiger partial charge in [0.15, 0.2) is 0 Å². The molecule has 1 aromatic carbocycles. The lowest BCUT2D eigenvalue weighted by atomic mass is 10.1. The highest BCUT2D eigenvalue weighted by atomic mass is 14.9. The topological polar surface area (TPSA) is 24.9 Å². The number of anilines is 1. The van der Waals surface area contributed by atoms with E-state index in [1.807, 2.05) is 12.4 Å². The zero-order valence-corrected chi connectivity index (χ0v) is 12.0. The molecule has 0 spiro atoms. The number of nitrogens with one attached hydrogen (secondary N) is 1. The van der Waals surface area contributed by atoms with Crippen LogP contribution in [0.5, 0.6) is 0 Å². The second kappa shape index (κ2) is 7.13. The summed E-state index contributed by atoms with van der Waals surface area (Å²) in [6, 6.07) is 8.97. The fraction of sp³-hybridized carbons (Fsp3) is 0.471. The Morgan fingerprint density at radius 1 is 1.16 bits per heavy atom. The molecule has 1 N–H and O–H groups in total. The van der Waals surface area contributed by atoms with Gasteiger partial charge in [-0.3, -0.25) is 4.98 Å². The first-order chi connectivity index (χ1) is 9.31. The van der Waals surface area contributed by atoms with E-state index >= 15 is 0 Å². The number of nitrogens with zero attached hydrogens (tertiary/aromatic N) is 1. The Labute approximate surface area is 116 Å². The van der Waals surface area contributed by atoms with Gasteiger partial charge in [0.05, 0.1) is 0 Å². The Morgan fingerprint density at radius 3 is 2.89 bits per heavy atom. The molecule has 0 saturated carbocycles. The van der Waals surface area contributed by atoms with Crippen molar-refractivity contribution in [2.24, 2.45) is 0 Å². The van der Waals surface area contributed by atoms with Crippen molar-refractivity contribution in [3.05, 3.63) is 36.7 Å². The van der Waals surface area contributed by atoms with Crippen molar-refractivity contribution >= 4 is 16.5 Å². The molecule has 102 valence electrons. The molecule has 2 heteroatoms. The minimum Gasteiger partial charge on any atom is -0.382 e. The average Bonchev–Trinajstić information content (AvgIpc) is 2.44. The van der Waals surface area contributed by atoms with Gasteiger partial charge in [0.25, 0.3) is 0 Å². The van der Waals surface area contributed by atoms with Crippen molar-refractivity contribution in [2.75, 3.05) is 5.32 Å². The Balaban J connectivity index is 1.97. The van der Waals surface area contributed by atoms with Crippen LogP contribution in [-0.4, -0.2) is 11.0 Å². The van der Waals surface area contributed by atoms with Crippen LogP contribution in [0.4, 0.5) is 5.69 Å². The van der Waals surface area contributed by atoms with Crippen LogP contribution in [0.2, 0.25) is 0 Å². The molecule has 0 radical (unpaired) electrons. The van der Waals surface area contributed by atoms with Crippen LogP contribution < -0.4 is 5.32 Å². The molecule has 19 heavy (non-hydrogen) atoms. The van der Waals surface area contributed by atoms with Gasteiger partial charge in [-0.2, -0.15) is 0 Å². The molecule has 1 heterocycles. The molecule has 0 amide bonds. The third-order valence-electron chi connectivity index (χ3n) is 3.57. The van der Waals surface area contributed by atoms with Gasteiger partial charge in [-0.1, -0.05) is 44.7 Å². The summed E-state index contributed by atoms with van der Waals surface area (Å²) in [6.45, 7) is 4.53. The summed E-state index contributed by atoms with van der Waals surface area (Å²) in [7, 11) is 0. The van der Waals surface area contributed by atoms with E-state index < -0.39 is 0 Å². The van der Waals surface area contributed by atoms with Gasteiger partial charge in [-0.05, 0) is 25.5 Å². The van der Waals surface area contributed by atoms with Crippen LogP contribution in [-0.2, 0) is 0 Å². The molecule has 1 unspecified atom stereocenters. The molecule has 0 aliphatic heterocycles. The maximum Gasteiger partial charge on any atom is 0.0423 e. The van der Waals surface area contributed by atoms with Crippen molar-refractivity contribution in [1.29, 1.82) is 0 Å². The molecule has 0 bridgehead atoms. The smallest absolute Gasteiger partial charge is 0.0423 e. The Kier molecular flexibility index (Phi) is 5.20. The monoisotopic (exact) mass is 256 g/mol. The van der Waals surface area contributed by atoms with E-state index in [9.17, 15) is 0 Å². The molecule has 0 fully saturated rings. The van der Waals surface area contributed by atoms with E-state index in [4.69, 9.17) is 0 Å². The second-order valence-electron chi connectivity index (χ2n) is 5.30. The zero-order valence-electron chi connectivity index (χ0n) is 12.0. The highest BCUT2D eigenvalue weighted by molar-refractivity contribution is 5.93. The summed E-state index contributed by atoms with van der Waals surface area (Å²) in [5, 5.41) is 6.10. The standard InChI is InChI=1S/C17H24N2/c1-3-4-5-6-8-14(2)19-17-10-7-9-15-13-18-12-11-16(15)17/h7,9-14,19H,3-6,8H2,1-2H3. The lowest BCUT2D eigenvalue weighted by Gasteiger charge is -2.16. The van der Waals surface area contributed by atoms with Crippen molar-refractivity contribution in [2.45, 2.75) is 52.0 Å². The number of unbranched alkanes of at least 4 members (excludes halogenated alkanes) is 3. The molecule has 2 nitrogen and oxygen atoms in total. The molecule has 1 atom stereocenters. The third-order valence-corrected chi connectivity index (χ3v) is 3.57. The first kappa shape index (κ1) is 13.9. The van der Waals surface area contributed by atoms with Crippen LogP contribution in [0.15, 0.2) is 36.7 Å². The quantitative estimate of drug-likeness (QED) is 0.705. The van der Waals surface area contributed by atoms with Crippen molar-refractivity contribution in [1.82, 2.24) is 4.98 Å². The largest absolute Gasteiger partial charge is 0.382 e. The summed E-state index contributed by atoms with van der Waals surface area (Å²) in [4.78, 5) is 4.18. The molecule has 1 aromatic heterocycles. The molecule has 0 aliphatic carbocycles. The number of rotatable bonds is 7. The summed E-state index contributed by atoms with van der Waals surface area (Å²) < 4.78 is 0. The van der Waals surface area contributed by atoms with Crippen molar-refractivity contribution in [3.63, 3.8) is 0 Å². The number of fused-ring (bicyclic) bond motifs is 1. The minimum absolute atomic E-state index is 0.524. The number of aromatic nitrogens is 1. The molecule has 0 aliphatic rings. The highest BCUT2D eigenvalue weighted by Gasteiger charge is 2.05. The van der Waals surface area contributed by atoms with E-state index in [1.54, 1.807) is 0 Å². The Hall–Kier alpha value is -1.57. The lowest BCUT2D eigenvalue weighted by molar-refractivity contribution is 0.594. The first-order valence-corrected chi connectivity index (χ1v) is 7.40. The van der Waals surface area contributed by atoms with Crippen LogP contribution in [0, 0.1) is 0 Å². The van der Waals surface area contributed by atoms with Crippen LogP contribution >= 0.6 is 0 Å². The van der Waals surface area contributed by atoms with Gasteiger partial charge in [0.2, 0.25) is 0 Å². The van der Waals surface area contributed by atoms with E-state index in [0.29, 0.717) is 6.04 Å². The zero-order chi connectivity index (χ0) is 13.5. The van der Waals surface area contributed by atoms with Crippen molar-refractivity contribution < 1.29 is 0 Å².